The molecule has 0 aliphatic carbocycles. The highest BCUT2D eigenvalue weighted by molar-refractivity contribution is 7.20. The third-order valence-electron chi connectivity index (χ3n) is 3.27. The quantitative estimate of drug-likeness (QED) is 0.642. The number of amides is 1. The van der Waals surface area contributed by atoms with Gasteiger partial charge in [-0.15, -0.1) is 11.3 Å². The van der Waals surface area contributed by atoms with E-state index in [-0.39, 0.29) is 5.91 Å². The molecule has 3 rings (SSSR count). The average Bonchev–Trinajstić information content (AvgIpc) is 2.95. The van der Waals surface area contributed by atoms with Gasteiger partial charge in [0.15, 0.2) is 11.3 Å². The number of hydrogen-bond acceptors (Lipinski definition) is 5. The first kappa shape index (κ1) is 13.9. The van der Waals surface area contributed by atoms with E-state index in [1.54, 1.807) is 17.1 Å². The number of nitrogens with zero attached hydrogens (tertiary/aromatic N) is 2. The summed E-state index contributed by atoms with van der Waals surface area (Å²) in [5.41, 5.74) is 1.68. The Bertz CT molecular complexity index is 702. The minimum Gasteiger partial charge on any atom is -0.378 e. The molecule has 21 heavy (non-hydrogen) atoms. The molecule has 1 aromatic carbocycles. The molecule has 1 aromatic heterocycles. The van der Waals surface area contributed by atoms with Crippen LogP contribution in [0.4, 0.5) is 0 Å². The molecule has 1 amide bonds. The number of morpholine rings is 1. The standard InChI is InChI=1S/C15H14N2O3S/c18-10-14-16-12-9-11(1-3-13(12)21-14)2-4-15(19)17-5-7-20-8-6-17/h1-4,9-10H,5-8H2/b4-2+. The Morgan fingerprint density at radius 3 is 2.90 bits per heavy atom. The lowest BCUT2D eigenvalue weighted by Gasteiger charge is -2.25. The van der Waals surface area contributed by atoms with E-state index in [0.29, 0.717) is 31.3 Å². The van der Waals surface area contributed by atoms with Crippen LogP contribution in [0.15, 0.2) is 24.3 Å². The molecule has 1 fully saturated rings. The maximum absolute atomic E-state index is 12.0. The molecule has 0 bridgehead atoms. The number of fused-ring (bicyclic) bond motifs is 1. The summed E-state index contributed by atoms with van der Waals surface area (Å²) in [6.07, 6.45) is 4.10. The summed E-state index contributed by atoms with van der Waals surface area (Å²) >= 11 is 1.36. The van der Waals surface area contributed by atoms with Gasteiger partial charge < -0.3 is 9.64 Å². The summed E-state index contributed by atoms with van der Waals surface area (Å²) in [6, 6.07) is 5.71. The fraction of sp³-hybridized carbons (Fsp3) is 0.267. The molecule has 108 valence electrons. The lowest BCUT2D eigenvalue weighted by atomic mass is 10.2. The van der Waals surface area contributed by atoms with E-state index < -0.39 is 0 Å². The van der Waals surface area contributed by atoms with E-state index in [4.69, 9.17) is 4.74 Å². The summed E-state index contributed by atoms with van der Waals surface area (Å²) in [7, 11) is 0. The highest BCUT2D eigenvalue weighted by Gasteiger charge is 2.13. The van der Waals surface area contributed by atoms with Gasteiger partial charge in [-0.2, -0.15) is 0 Å². The number of ether oxygens (including phenoxy) is 1. The van der Waals surface area contributed by atoms with Crippen LogP contribution in [0.5, 0.6) is 0 Å². The highest BCUT2D eigenvalue weighted by atomic mass is 32.1. The van der Waals surface area contributed by atoms with Gasteiger partial charge in [0, 0.05) is 19.2 Å². The molecule has 0 spiro atoms. The average molecular weight is 302 g/mol. The van der Waals surface area contributed by atoms with E-state index >= 15 is 0 Å². The molecule has 0 atom stereocenters. The third kappa shape index (κ3) is 3.17. The van der Waals surface area contributed by atoms with Crippen molar-refractivity contribution in [3.63, 3.8) is 0 Å². The number of carbonyl (C=O) groups is 2. The number of carbonyl (C=O) groups excluding carboxylic acids is 2. The Hall–Kier alpha value is -2.05. The van der Waals surface area contributed by atoms with Crippen LogP contribution in [0.2, 0.25) is 0 Å². The molecule has 0 unspecified atom stereocenters. The van der Waals surface area contributed by atoms with Crippen molar-refractivity contribution >= 4 is 39.8 Å². The predicted molar refractivity (Wildman–Crippen MR) is 81.4 cm³/mol. The summed E-state index contributed by atoms with van der Waals surface area (Å²) in [5.74, 6) is -0.00902. The second kappa shape index (κ2) is 6.15. The first-order chi connectivity index (χ1) is 10.3. The van der Waals surface area contributed by atoms with Gasteiger partial charge in [-0.3, -0.25) is 9.59 Å². The lowest BCUT2D eigenvalue weighted by Crippen LogP contribution is -2.39. The number of aromatic nitrogens is 1. The maximum atomic E-state index is 12.0. The summed E-state index contributed by atoms with van der Waals surface area (Å²) < 4.78 is 6.19. The molecule has 0 saturated carbocycles. The van der Waals surface area contributed by atoms with E-state index in [1.807, 2.05) is 18.2 Å². The number of hydrogen-bond donors (Lipinski definition) is 0. The van der Waals surface area contributed by atoms with Gasteiger partial charge in [-0.25, -0.2) is 4.98 Å². The molecular formula is C15H14N2O3S. The van der Waals surface area contributed by atoms with Crippen molar-refractivity contribution < 1.29 is 14.3 Å². The molecule has 1 aliphatic rings. The zero-order valence-corrected chi connectivity index (χ0v) is 12.1. The van der Waals surface area contributed by atoms with Crippen molar-refractivity contribution in [2.45, 2.75) is 0 Å². The van der Waals surface area contributed by atoms with Crippen molar-refractivity contribution in [1.82, 2.24) is 9.88 Å². The van der Waals surface area contributed by atoms with Gasteiger partial charge in [0.25, 0.3) is 0 Å². The summed E-state index contributed by atoms with van der Waals surface area (Å²) in [4.78, 5) is 28.7. The first-order valence-electron chi connectivity index (χ1n) is 6.67. The van der Waals surface area contributed by atoms with Crippen molar-refractivity contribution in [1.29, 1.82) is 0 Å². The molecule has 2 aromatic rings. The Morgan fingerprint density at radius 2 is 2.14 bits per heavy atom. The molecule has 6 heteroatoms. The van der Waals surface area contributed by atoms with Gasteiger partial charge in [-0.1, -0.05) is 6.07 Å². The minimum atomic E-state index is -0.00902. The SMILES string of the molecule is O=Cc1nc2cc(/C=C/C(=O)N3CCOCC3)ccc2s1. The summed E-state index contributed by atoms with van der Waals surface area (Å²) in [6.45, 7) is 2.46. The van der Waals surface area contributed by atoms with Crippen molar-refractivity contribution in [3.8, 4) is 0 Å². The second-order valence-corrected chi connectivity index (χ2v) is 5.73. The monoisotopic (exact) mass is 302 g/mol. The van der Waals surface area contributed by atoms with Crippen molar-refractivity contribution in [2.24, 2.45) is 0 Å². The van der Waals surface area contributed by atoms with Crippen LogP contribution in [0, 0.1) is 0 Å². The van der Waals surface area contributed by atoms with E-state index in [0.717, 1.165) is 22.1 Å². The molecule has 0 N–H and O–H groups in total. The Labute approximate surface area is 125 Å². The predicted octanol–water partition coefficient (Wildman–Crippen LogP) is 1.98. The molecule has 1 saturated heterocycles. The highest BCUT2D eigenvalue weighted by Crippen LogP contribution is 2.22. The normalized spacial score (nSPS) is 15.7. The van der Waals surface area contributed by atoms with Crippen LogP contribution in [0.25, 0.3) is 16.3 Å². The van der Waals surface area contributed by atoms with Crippen LogP contribution in [0.3, 0.4) is 0 Å². The van der Waals surface area contributed by atoms with Crippen LogP contribution < -0.4 is 0 Å². The van der Waals surface area contributed by atoms with E-state index in [2.05, 4.69) is 4.98 Å². The van der Waals surface area contributed by atoms with Crippen molar-refractivity contribution in [2.75, 3.05) is 26.3 Å². The molecule has 1 aliphatic heterocycles. The Morgan fingerprint density at radius 1 is 1.33 bits per heavy atom. The van der Waals surface area contributed by atoms with Gasteiger partial charge in [0.05, 0.1) is 23.4 Å². The summed E-state index contributed by atoms with van der Waals surface area (Å²) in [5, 5.41) is 0.468. The Kier molecular flexibility index (Phi) is 4.08. The minimum absolute atomic E-state index is 0.00902. The molecular weight excluding hydrogens is 288 g/mol. The van der Waals surface area contributed by atoms with Gasteiger partial charge in [-0.05, 0) is 23.8 Å². The molecule has 5 nitrogen and oxygen atoms in total. The topological polar surface area (TPSA) is 59.5 Å². The zero-order chi connectivity index (χ0) is 14.7. The molecule has 2 heterocycles. The van der Waals surface area contributed by atoms with Gasteiger partial charge >= 0.3 is 0 Å². The van der Waals surface area contributed by atoms with Crippen LogP contribution in [-0.4, -0.2) is 48.4 Å². The number of rotatable bonds is 3. The fourth-order valence-corrected chi connectivity index (χ4v) is 2.94. The van der Waals surface area contributed by atoms with E-state index in [9.17, 15) is 9.59 Å². The van der Waals surface area contributed by atoms with Crippen LogP contribution in [-0.2, 0) is 9.53 Å². The first-order valence-corrected chi connectivity index (χ1v) is 7.48. The van der Waals surface area contributed by atoms with Gasteiger partial charge in [0.2, 0.25) is 5.91 Å². The number of aldehydes is 1. The van der Waals surface area contributed by atoms with Crippen LogP contribution >= 0.6 is 11.3 Å². The largest absolute Gasteiger partial charge is 0.378 e. The maximum Gasteiger partial charge on any atom is 0.246 e. The van der Waals surface area contributed by atoms with E-state index in [1.165, 1.54) is 11.3 Å². The van der Waals surface area contributed by atoms with Crippen molar-refractivity contribution in [3.05, 3.63) is 34.8 Å². The zero-order valence-electron chi connectivity index (χ0n) is 11.3. The third-order valence-corrected chi connectivity index (χ3v) is 4.23. The Balaban J connectivity index is 1.75. The second-order valence-electron chi connectivity index (χ2n) is 4.67. The number of thiazole rings is 1. The van der Waals surface area contributed by atoms with Gasteiger partial charge in [0.1, 0.15) is 0 Å². The smallest absolute Gasteiger partial charge is 0.246 e. The fourth-order valence-electron chi connectivity index (χ4n) is 2.17. The number of benzene rings is 1. The molecule has 0 radical (unpaired) electrons. The van der Waals surface area contributed by atoms with Crippen LogP contribution in [0.1, 0.15) is 15.4 Å². The lowest BCUT2D eigenvalue weighted by molar-refractivity contribution is -0.129.